The van der Waals surface area contributed by atoms with E-state index in [0.29, 0.717) is 12.5 Å². The summed E-state index contributed by atoms with van der Waals surface area (Å²) in [4.78, 5) is 0. The Labute approximate surface area is 124 Å². The van der Waals surface area contributed by atoms with E-state index in [4.69, 9.17) is 15.2 Å². The molecule has 2 aromatic rings. The first-order valence-corrected chi connectivity index (χ1v) is 7.45. The Kier molecular flexibility index (Phi) is 2.89. The molecule has 0 amide bonds. The number of benzene rings is 2. The van der Waals surface area contributed by atoms with Crippen molar-refractivity contribution < 1.29 is 9.47 Å². The largest absolute Gasteiger partial charge is 0.493 e. The van der Waals surface area contributed by atoms with Gasteiger partial charge in [0, 0.05) is 11.5 Å². The lowest BCUT2D eigenvalue weighted by atomic mass is 9.80. The second-order valence-corrected chi connectivity index (χ2v) is 6.19. The molecule has 2 aromatic carbocycles. The number of hydrogen-bond donors (Lipinski definition) is 1. The quantitative estimate of drug-likeness (QED) is 0.920. The van der Waals surface area contributed by atoms with Gasteiger partial charge in [-0.05, 0) is 30.5 Å². The third-order valence-electron chi connectivity index (χ3n) is 4.48. The van der Waals surface area contributed by atoms with Crippen LogP contribution in [-0.2, 0) is 6.42 Å². The summed E-state index contributed by atoms with van der Waals surface area (Å²) in [6, 6.07) is 16.4. The lowest BCUT2D eigenvalue weighted by Gasteiger charge is -2.36. The van der Waals surface area contributed by atoms with Gasteiger partial charge in [0.05, 0.1) is 12.1 Å². The molecule has 0 saturated carbocycles. The van der Waals surface area contributed by atoms with E-state index in [-0.39, 0.29) is 5.54 Å². The first kappa shape index (κ1) is 12.7. The summed E-state index contributed by atoms with van der Waals surface area (Å²) in [7, 11) is 0. The van der Waals surface area contributed by atoms with Gasteiger partial charge in [0.15, 0.2) is 0 Å². The van der Waals surface area contributed by atoms with Gasteiger partial charge in [0.2, 0.25) is 0 Å². The van der Waals surface area contributed by atoms with Gasteiger partial charge >= 0.3 is 0 Å². The molecule has 2 aliphatic heterocycles. The van der Waals surface area contributed by atoms with Gasteiger partial charge in [-0.2, -0.15) is 0 Å². The van der Waals surface area contributed by atoms with Crippen molar-refractivity contribution in [1.29, 1.82) is 0 Å². The molecule has 0 fully saturated rings. The van der Waals surface area contributed by atoms with Crippen LogP contribution in [0.2, 0.25) is 0 Å². The molecule has 3 nitrogen and oxygen atoms in total. The molecule has 0 spiro atoms. The number of nitrogens with two attached hydrogens (primary N) is 1. The number of para-hydroxylation sites is 2. The molecule has 108 valence electrons. The van der Waals surface area contributed by atoms with Gasteiger partial charge in [-0.3, -0.25) is 0 Å². The molecule has 4 rings (SSSR count). The monoisotopic (exact) mass is 281 g/mol. The summed E-state index contributed by atoms with van der Waals surface area (Å²) in [5.41, 5.74) is 8.80. The average Bonchev–Trinajstić information content (AvgIpc) is 2.90. The molecule has 0 saturated heterocycles. The number of rotatable bonds is 2. The minimum absolute atomic E-state index is 0.320. The van der Waals surface area contributed by atoms with E-state index in [1.165, 1.54) is 11.1 Å². The predicted molar refractivity (Wildman–Crippen MR) is 81.9 cm³/mol. The van der Waals surface area contributed by atoms with Crippen LogP contribution in [0.5, 0.6) is 11.5 Å². The van der Waals surface area contributed by atoms with Crippen molar-refractivity contribution in [2.45, 2.75) is 24.3 Å². The van der Waals surface area contributed by atoms with E-state index in [0.717, 1.165) is 30.9 Å². The standard InChI is InChI=1S/C18H19NO2/c19-18(9-13-5-1-3-7-16(13)21-12-18)10-14-11-20-17-8-4-2-6-15(14)17/h1-8,14H,9-12,19H2. The third kappa shape index (κ3) is 2.28. The second-order valence-electron chi connectivity index (χ2n) is 6.19. The van der Waals surface area contributed by atoms with Crippen molar-refractivity contribution in [3.05, 3.63) is 59.7 Å². The van der Waals surface area contributed by atoms with Gasteiger partial charge in [-0.1, -0.05) is 36.4 Å². The summed E-state index contributed by atoms with van der Waals surface area (Å²) in [6.07, 6.45) is 1.75. The normalized spacial score (nSPS) is 26.4. The minimum Gasteiger partial charge on any atom is -0.493 e. The molecule has 0 bridgehead atoms. The zero-order valence-corrected chi connectivity index (χ0v) is 11.9. The molecular weight excluding hydrogens is 262 g/mol. The van der Waals surface area contributed by atoms with Crippen LogP contribution < -0.4 is 15.2 Å². The molecule has 2 heterocycles. The van der Waals surface area contributed by atoms with Crippen molar-refractivity contribution in [3.8, 4) is 11.5 Å². The molecule has 3 heteroatoms. The van der Waals surface area contributed by atoms with Crippen molar-refractivity contribution in [2.24, 2.45) is 5.73 Å². The van der Waals surface area contributed by atoms with Crippen LogP contribution >= 0.6 is 0 Å². The first-order valence-electron chi connectivity index (χ1n) is 7.45. The SMILES string of the molecule is NC1(CC2COc3ccccc32)COc2ccccc2C1. The van der Waals surface area contributed by atoms with E-state index < -0.39 is 0 Å². The van der Waals surface area contributed by atoms with Crippen LogP contribution in [0.4, 0.5) is 0 Å². The summed E-state index contributed by atoms with van der Waals surface area (Å²) in [5.74, 6) is 2.34. The summed E-state index contributed by atoms with van der Waals surface area (Å²) >= 11 is 0. The average molecular weight is 281 g/mol. The van der Waals surface area contributed by atoms with E-state index in [1.54, 1.807) is 0 Å². The zero-order valence-electron chi connectivity index (χ0n) is 11.9. The second kappa shape index (κ2) is 4.78. The third-order valence-corrected chi connectivity index (χ3v) is 4.48. The van der Waals surface area contributed by atoms with Crippen LogP contribution in [-0.4, -0.2) is 18.8 Å². The fraction of sp³-hybridized carbons (Fsp3) is 0.333. The number of fused-ring (bicyclic) bond motifs is 2. The predicted octanol–water partition coefficient (Wildman–Crippen LogP) is 2.89. The topological polar surface area (TPSA) is 44.5 Å². The maximum Gasteiger partial charge on any atom is 0.122 e. The maximum atomic E-state index is 6.63. The first-order chi connectivity index (χ1) is 10.2. The molecule has 2 N–H and O–H groups in total. The molecule has 0 aliphatic carbocycles. The van der Waals surface area contributed by atoms with E-state index in [2.05, 4.69) is 18.2 Å². The highest BCUT2D eigenvalue weighted by molar-refractivity contribution is 5.41. The summed E-state index contributed by atoms with van der Waals surface area (Å²) in [6.45, 7) is 1.29. The molecule has 2 atom stereocenters. The Balaban J connectivity index is 1.56. The van der Waals surface area contributed by atoms with Crippen molar-refractivity contribution >= 4 is 0 Å². The number of ether oxygens (including phenoxy) is 2. The van der Waals surface area contributed by atoms with Crippen molar-refractivity contribution in [3.63, 3.8) is 0 Å². The Hall–Kier alpha value is -2.00. The molecule has 21 heavy (non-hydrogen) atoms. The molecular formula is C18H19NO2. The molecule has 0 radical (unpaired) electrons. The maximum absolute atomic E-state index is 6.63. The molecule has 2 aliphatic rings. The number of hydrogen-bond acceptors (Lipinski definition) is 3. The smallest absolute Gasteiger partial charge is 0.122 e. The van der Waals surface area contributed by atoms with Gasteiger partial charge in [-0.15, -0.1) is 0 Å². The van der Waals surface area contributed by atoms with Crippen LogP contribution in [0.3, 0.4) is 0 Å². The van der Waals surface area contributed by atoms with Crippen LogP contribution in [0.1, 0.15) is 23.5 Å². The van der Waals surface area contributed by atoms with E-state index in [9.17, 15) is 0 Å². The highest BCUT2D eigenvalue weighted by Gasteiger charge is 2.37. The van der Waals surface area contributed by atoms with Crippen molar-refractivity contribution in [2.75, 3.05) is 13.2 Å². The van der Waals surface area contributed by atoms with Crippen LogP contribution in [0, 0.1) is 0 Å². The Morgan fingerprint density at radius 1 is 1.00 bits per heavy atom. The molecule has 2 unspecified atom stereocenters. The molecule has 0 aromatic heterocycles. The van der Waals surface area contributed by atoms with E-state index >= 15 is 0 Å². The van der Waals surface area contributed by atoms with Crippen LogP contribution in [0.25, 0.3) is 0 Å². The lowest BCUT2D eigenvalue weighted by Crippen LogP contribution is -2.51. The van der Waals surface area contributed by atoms with Crippen LogP contribution in [0.15, 0.2) is 48.5 Å². The van der Waals surface area contributed by atoms with Crippen molar-refractivity contribution in [1.82, 2.24) is 0 Å². The Bertz CT molecular complexity index is 670. The summed E-state index contributed by atoms with van der Waals surface area (Å²) in [5, 5.41) is 0. The van der Waals surface area contributed by atoms with Gasteiger partial charge < -0.3 is 15.2 Å². The van der Waals surface area contributed by atoms with Gasteiger partial charge in [0.25, 0.3) is 0 Å². The zero-order chi connectivity index (χ0) is 14.3. The Morgan fingerprint density at radius 2 is 1.76 bits per heavy atom. The highest BCUT2D eigenvalue weighted by atomic mass is 16.5. The van der Waals surface area contributed by atoms with Gasteiger partial charge in [-0.25, -0.2) is 0 Å². The Morgan fingerprint density at radius 3 is 2.67 bits per heavy atom. The van der Waals surface area contributed by atoms with E-state index in [1.807, 2.05) is 30.3 Å². The van der Waals surface area contributed by atoms with Gasteiger partial charge in [0.1, 0.15) is 18.1 Å². The fourth-order valence-corrected chi connectivity index (χ4v) is 3.46. The highest BCUT2D eigenvalue weighted by Crippen LogP contribution is 2.40. The summed E-state index contributed by atoms with van der Waals surface area (Å²) < 4.78 is 11.6. The fourth-order valence-electron chi connectivity index (χ4n) is 3.46. The lowest BCUT2D eigenvalue weighted by molar-refractivity contribution is 0.168. The minimum atomic E-state index is -0.320.